The highest BCUT2D eigenvalue weighted by molar-refractivity contribution is 8.93. The molecular weight excluding hydrogens is 264 g/mol. The van der Waals surface area contributed by atoms with Gasteiger partial charge < -0.3 is 4.42 Å². The van der Waals surface area contributed by atoms with Crippen molar-refractivity contribution in [1.82, 2.24) is 9.38 Å². The fourth-order valence-corrected chi connectivity index (χ4v) is 1.97. The molecule has 3 nitrogen and oxygen atoms in total. The molecule has 0 saturated carbocycles. The molecule has 0 atom stereocenters. The summed E-state index contributed by atoms with van der Waals surface area (Å²) in [6, 6.07) is 3.77. The Balaban J connectivity index is 0.000000750. The van der Waals surface area contributed by atoms with Gasteiger partial charge in [0.05, 0.1) is 6.26 Å². The monoisotopic (exact) mass is 270 g/mol. The highest BCUT2D eigenvalue weighted by Crippen LogP contribution is 2.21. The van der Waals surface area contributed by atoms with Gasteiger partial charge in [-0.25, -0.2) is 4.98 Å². The Hall–Kier alpha value is -1.07. The zero-order chi connectivity index (χ0) is 8.67. The van der Waals surface area contributed by atoms with Crippen LogP contribution in [-0.2, 0) is 0 Å². The summed E-state index contributed by atoms with van der Waals surface area (Å²) in [5, 5.41) is 2.01. The van der Waals surface area contributed by atoms with E-state index in [1.165, 1.54) is 0 Å². The Morgan fingerprint density at radius 1 is 1.43 bits per heavy atom. The average Bonchev–Trinajstić information content (AvgIpc) is 2.78. The van der Waals surface area contributed by atoms with Gasteiger partial charge in [0, 0.05) is 17.8 Å². The highest BCUT2D eigenvalue weighted by Gasteiger charge is 2.06. The van der Waals surface area contributed by atoms with Crippen molar-refractivity contribution in [2.75, 3.05) is 0 Å². The number of thiazole rings is 1. The maximum atomic E-state index is 5.25. The second-order valence-electron chi connectivity index (χ2n) is 2.70. The number of halogens is 1. The van der Waals surface area contributed by atoms with E-state index >= 15 is 0 Å². The lowest BCUT2D eigenvalue weighted by molar-refractivity contribution is 0.580. The number of aromatic nitrogens is 2. The Bertz CT molecular complexity index is 497. The second-order valence-corrected chi connectivity index (χ2v) is 3.57. The average molecular weight is 271 g/mol. The first kappa shape index (κ1) is 9.48. The predicted octanol–water partition coefficient (Wildman–Crippen LogP) is 3.23. The first-order valence-corrected chi connectivity index (χ1v) is 4.77. The lowest BCUT2D eigenvalue weighted by atomic mass is 10.4. The van der Waals surface area contributed by atoms with Crippen molar-refractivity contribution < 1.29 is 4.42 Å². The molecule has 0 spiro atoms. The highest BCUT2D eigenvalue weighted by atomic mass is 79.9. The minimum Gasteiger partial charge on any atom is -0.463 e. The van der Waals surface area contributed by atoms with Crippen LogP contribution in [0, 0.1) is 0 Å². The number of imidazole rings is 1. The topological polar surface area (TPSA) is 30.4 Å². The molecule has 0 aliphatic carbocycles. The van der Waals surface area contributed by atoms with E-state index in [-0.39, 0.29) is 17.0 Å². The van der Waals surface area contributed by atoms with Gasteiger partial charge in [-0.1, -0.05) is 0 Å². The molecule has 0 aliphatic rings. The Labute approximate surface area is 94.8 Å². The van der Waals surface area contributed by atoms with E-state index in [0.717, 1.165) is 16.4 Å². The summed E-state index contributed by atoms with van der Waals surface area (Å²) >= 11 is 1.62. The van der Waals surface area contributed by atoms with Crippen LogP contribution in [0.1, 0.15) is 0 Å². The summed E-state index contributed by atoms with van der Waals surface area (Å²) in [4.78, 5) is 5.39. The lowest BCUT2D eigenvalue weighted by Gasteiger charge is -1.84. The maximum absolute atomic E-state index is 5.25. The molecule has 0 aliphatic heterocycles. The fourth-order valence-electron chi connectivity index (χ4n) is 1.27. The fraction of sp³-hybridized carbons (Fsp3) is 0. The van der Waals surface area contributed by atoms with Gasteiger partial charge in [0.1, 0.15) is 5.69 Å². The van der Waals surface area contributed by atoms with Crippen LogP contribution in [0.4, 0.5) is 0 Å². The third-order valence-corrected chi connectivity index (χ3v) is 2.64. The standard InChI is InChI=1S/C9H6N2OS.BrH/c1-2-8(12-4-1)7-6-11-3-5-13-9(11)10-7;/h1-6H;1H. The molecule has 0 unspecified atom stereocenters. The van der Waals surface area contributed by atoms with Crippen molar-refractivity contribution in [3.63, 3.8) is 0 Å². The van der Waals surface area contributed by atoms with Crippen molar-refractivity contribution in [2.45, 2.75) is 0 Å². The van der Waals surface area contributed by atoms with E-state index in [1.807, 2.05) is 34.3 Å². The molecule has 3 aromatic heterocycles. The van der Waals surface area contributed by atoms with Crippen molar-refractivity contribution in [2.24, 2.45) is 0 Å². The molecular formula is C9H7BrN2OS. The van der Waals surface area contributed by atoms with E-state index in [9.17, 15) is 0 Å². The molecule has 0 aromatic carbocycles. The smallest absolute Gasteiger partial charge is 0.194 e. The molecule has 3 rings (SSSR count). The first-order valence-electron chi connectivity index (χ1n) is 3.89. The van der Waals surface area contributed by atoms with E-state index in [4.69, 9.17) is 4.42 Å². The van der Waals surface area contributed by atoms with Crippen LogP contribution >= 0.6 is 28.3 Å². The van der Waals surface area contributed by atoms with E-state index in [0.29, 0.717) is 0 Å². The van der Waals surface area contributed by atoms with Gasteiger partial charge in [-0.3, -0.25) is 4.40 Å². The van der Waals surface area contributed by atoms with E-state index in [1.54, 1.807) is 17.6 Å². The van der Waals surface area contributed by atoms with Crippen LogP contribution in [0.3, 0.4) is 0 Å². The number of nitrogens with zero attached hydrogens (tertiary/aromatic N) is 2. The summed E-state index contributed by atoms with van der Waals surface area (Å²) in [5.74, 6) is 0.816. The third-order valence-electron chi connectivity index (χ3n) is 1.87. The Kier molecular flexibility index (Phi) is 2.43. The van der Waals surface area contributed by atoms with Crippen molar-refractivity contribution >= 4 is 33.3 Å². The quantitative estimate of drug-likeness (QED) is 0.680. The zero-order valence-electron chi connectivity index (χ0n) is 7.08. The van der Waals surface area contributed by atoms with Crippen LogP contribution in [0.2, 0.25) is 0 Å². The molecule has 0 radical (unpaired) electrons. The summed E-state index contributed by atoms with van der Waals surface area (Å²) in [7, 11) is 0. The van der Waals surface area contributed by atoms with Crippen LogP contribution in [0.25, 0.3) is 16.4 Å². The van der Waals surface area contributed by atoms with Gasteiger partial charge in [0.2, 0.25) is 0 Å². The number of furan rings is 1. The molecule has 3 heterocycles. The Morgan fingerprint density at radius 3 is 3.07 bits per heavy atom. The van der Waals surface area contributed by atoms with Crippen LogP contribution in [0.5, 0.6) is 0 Å². The molecule has 0 N–H and O–H groups in total. The lowest BCUT2D eigenvalue weighted by Crippen LogP contribution is -1.69. The minimum atomic E-state index is 0. The van der Waals surface area contributed by atoms with Crippen molar-refractivity contribution in [3.05, 3.63) is 36.2 Å². The third kappa shape index (κ3) is 1.38. The van der Waals surface area contributed by atoms with E-state index in [2.05, 4.69) is 4.98 Å². The number of hydrogen-bond acceptors (Lipinski definition) is 3. The maximum Gasteiger partial charge on any atom is 0.194 e. The SMILES string of the molecule is Br.c1coc(-c2cn3ccsc3n2)c1. The molecule has 0 bridgehead atoms. The van der Waals surface area contributed by atoms with E-state index < -0.39 is 0 Å². The molecule has 0 fully saturated rings. The molecule has 72 valence electrons. The summed E-state index contributed by atoms with van der Waals surface area (Å²) < 4.78 is 7.24. The summed E-state index contributed by atoms with van der Waals surface area (Å²) in [6.07, 6.45) is 5.60. The number of hydrogen-bond donors (Lipinski definition) is 0. The Morgan fingerprint density at radius 2 is 2.36 bits per heavy atom. The van der Waals surface area contributed by atoms with Crippen LogP contribution < -0.4 is 0 Å². The number of rotatable bonds is 1. The van der Waals surface area contributed by atoms with Crippen LogP contribution in [-0.4, -0.2) is 9.38 Å². The first-order chi connectivity index (χ1) is 6.43. The zero-order valence-corrected chi connectivity index (χ0v) is 9.61. The van der Waals surface area contributed by atoms with Gasteiger partial charge in [-0.2, -0.15) is 0 Å². The van der Waals surface area contributed by atoms with Crippen LogP contribution in [0.15, 0.2) is 40.6 Å². The second kappa shape index (κ2) is 3.59. The summed E-state index contributed by atoms with van der Waals surface area (Å²) in [6.45, 7) is 0. The molecule has 0 saturated heterocycles. The molecule has 0 amide bonds. The molecule has 3 aromatic rings. The molecule has 5 heteroatoms. The van der Waals surface area contributed by atoms with Gasteiger partial charge in [-0.15, -0.1) is 28.3 Å². The van der Waals surface area contributed by atoms with Crippen molar-refractivity contribution in [3.8, 4) is 11.5 Å². The normalized spacial score (nSPS) is 10.3. The molecule has 14 heavy (non-hydrogen) atoms. The van der Waals surface area contributed by atoms with Gasteiger partial charge >= 0.3 is 0 Å². The van der Waals surface area contributed by atoms with Gasteiger partial charge in [0.25, 0.3) is 0 Å². The van der Waals surface area contributed by atoms with Gasteiger partial charge in [0.15, 0.2) is 10.7 Å². The van der Waals surface area contributed by atoms with Crippen molar-refractivity contribution in [1.29, 1.82) is 0 Å². The largest absolute Gasteiger partial charge is 0.463 e. The number of fused-ring (bicyclic) bond motifs is 1. The summed E-state index contributed by atoms with van der Waals surface area (Å²) in [5.41, 5.74) is 0.886. The van der Waals surface area contributed by atoms with Gasteiger partial charge in [-0.05, 0) is 12.1 Å². The predicted molar refractivity (Wildman–Crippen MR) is 61.1 cm³/mol. The minimum absolute atomic E-state index is 0.